The molecule has 0 saturated carbocycles. The van der Waals surface area contributed by atoms with E-state index in [0.717, 1.165) is 0 Å². The largest absolute Gasteiger partial charge is 0.428 e. The van der Waals surface area contributed by atoms with Crippen LogP contribution in [0.3, 0.4) is 0 Å². The molecular weight excluding hydrogens is 608 g/mol. The second kappa shape index (κ2) is 10.2. The summed E-state index contributed by atoms with van der Waals surface area (Å²) in [5.41, 5.74) is -5.73. The number of aromatic nitrogens is 4. The third-order valence-corrected chi connectivity index (χ3v) is 6.67. The number of aliphatic hydroxyl groups is 2. The van der Waals surface area contributed by atoms with Crippen LogP contribution in [0.4, 0.5) is 26.3 Å². The van der Waals surface area contributed by atoms with Crippen molar-refractivity contribution in [3.05, 3.63) is 81.3 Å². The number of nitrogens with one attached hydrogen (secondary N) is 2. The van der Waals surface area contributed by atoms with Gasteiger partial charge in [-0.25, -0.2) is 9.97 Å². The first-order chi connectivity index (χ1) is 17.4. The smallest absolute Gasteiger partial charge is 0.370 e. The van der Waals surface area contributed by atoms with Crippen LogP contribution >= 0.6 is 46.4 Å². The summed E-state index contributed by atoms with van der Waals surface area (Å²) in [4.78, 5) is 12.1. The van der Waals surface area contributed by atoms with E-state index in [-0.39, 0.29) is 42.2 Å². The van der Waals surface area contributed by atoms with E-state index in [1.807, 2.05) is 0 Å². The molecule has 2 atom stereocenters. The second-order valence-corrected chi connectivity index (χ2v) is 9.30. The highest BCUT2D eigenvalue weighted by Crippen LogP contribution is 2.41. The normalized spacial score (nSPS) is 15.5. The van der Waals surface area contributed by atoms with Gasteiger partial charge in [-0.2, -0.15) is 26.3 Å². The number of H-pyrrole nitrogens is 2. The molecule has 0 aliphatic heterocycles. The Hall–Kier alpha value is -2.48. The fourth-order valence-corrected chi connectivity index (χ4v) is 3.71. The van der Waals surface area contributed by atoms with Crippen molar-refractivity contribution in [1.82, 2.24) is 19.9 Å². The Morgan fingerprint density at radius 1 is 0.632 bits per heavy atom. The molecule has 6 nitrogen and oxygen atoms in total. The predicted molar refractivity (Wildman–Crippen MR) is 133 cm³/mol. The van der Waals surface area contributed by atoms with Crippen molar-refractivity contribution >= 4 is 68.5 Å². The van der Waals surface area contributed by atoms with Crippen molar-refractivity contribution in [3.63, 3.8) is 0 Å². The van der Waals surface area contributed by atoms with Gasteiger partial charge in [0, 0.05) is 0 Å². The summed E-state index contributed by atoms with van der Waals surface area (Å²) in [6.45, 7) is 6.00. The van der Waals surface area contributed by atoms with Crippen molar-refractivity contribution in [2.45, 2.75) is 23.6 Å². The minimum absolute atomic E-state index is 0.154. The van der Waals surface area contributed by atoms with Crippen LogP contribution in [0, 0.1) is 0 Å². The molecule has 204 valence electrons. The van der Waals surface area contributed by atoms with E-state index in [1.54, 1.807) is 0 Å². The van der Waals surface area contributed by atoms with Gasteiger partial charge in [0.15, 0.2) is 11.6 Å². The van der Waals surface area contributed by atoms with Crippen LogP contribution in [0.25, 0.3) is 22.1 Å². The van der Waals surface area contributed by atoms with E-state index >= 15 is 0 Å². The Bertz CT molecular complexity index is 1340. The van der Waals surface area contributed by atoms with Gasteiger partial charge in [0.25, 0.3) is 0 Å². The zero-order chi connectivity index (χ0) is 28.8. The maximum atomic E-state index is 12.8. The summed E-state index contributed by atoms with van der Waals surface area (Å²) < 4.78 is 77.1. The number of rotatable bonds is 4. The molecule has 0 amide bonds. The number of benzene rings is 2. The summed E-state index contributed by atoms with van der Waals surface area (Å²) in [5, 5.41) is 20.0. The quantitative estimate of drug-likeness (QED) is 0.139. The van der Waals surface area contributed by atoms with Gasteiger partial charge in [-0.15, -0.1) is 0 Å². The van der Waals surface area contributed by atoms with Crippen LogP contribution in [0.2, 0.25) is 20.1 Å². The molecule has 2 aromatic carbocycles. The van der Waals surface area contributed by atoms with Gasteiger partial charge in [0.1, 0.15) is 0 Å². The maximum absolute atomic E-state index is 12.8. The molecular formula is C22H14Cl4F6N4O2. The van der Waals surface area contributed by atoms with Crippen molar-refractivity contribution in [3.8, 4) is 0 Å². The fourth-order valence-electron chi connectivity index (χ4n) is 3.06. The van der Waals surface area contributed by atoms with Gasteiger partial charge in [0.2, 0.25) is 11.2 Å². The number of alkyl halides is 6. The van der Waals surface area contributed by atoms with Crippen LogP contribution in [0.5, 0.6) is 0 Å². The molecule has 0 saturated heterocycles. The fraction of sp³-hybridized carbons (Fsp3) is 0.182. The lowest BCUT2D eigenvalue weighted by Crippen LogP contribution is -2.41. The van der Waals surface area contributed by atoms with Gasteiger partial charge < -0.3 is 20.2 Å². The zero-order valence-electron chi connectivity index (χ0n) is 18.4. The first-order valence-corrected chi connectivity index (χ1v) is 11.4. The molecule has 2 aromatic heterocycles. The number of hydrogen-bond donors (Lipinski definition) is 4. The molecule has 0 bridgehead atoms. The summed E-state index contributed by atoms with van der Waals surface area (Å²) in [6, 6.07) is 5.27. The molecule has 16 heteroatoms. The number of aromatic amines is 2. The van der Waals surface area contributed by atoms with Crippen LogP contribution in [0.15, 0.2) is 49.6 Å². The van der Waals surface area contributed by atoms with E-state index < -0.39 is 35.2 Å². The minimum atomic E-state index is -4.95. The van der Waals surface area contributed by atoms with E-state index in [0.29, 0.717) is 12.2 Å². The average molecular weight is 622 g/mol. The third-order valence-electron chi connectivity index (χ3n) is 5.23. The zero-order valence-corrected chi connectivity index (χ0v) is 21.5. The number of nitrogens with zero attached hydrogens (tertiary/aromatic N) is 2. The predicted octanol–water partition coefficient (Wildman–Crippen LogP) is 7.61. The molecule has 38 heavy (non-hydrogen) atoms. The SMILES string of the molecule is C=CC(O)(c1nc2cc(Cl)c(Cl)cc2[nH]1)C(F)(F)F.C=CC(O)(c1nc2cc(Cl)c(Cl)cc2[nH]1)C(F)(F)F. The first kappa shape index (κ1) is 30.1. The molecule has 0 fully saturated rings. The highest BCUT2D eigenvalue weighted by atomic mass is 35.5. The van der Waals surface area contributed by atoms with E-state index in [2.05, 4.69) is 33.1 Å². The summed E-state index contributed by atoms with van der Waals surface area (Å²) in [5.74, 6) is -1.38. The molecule has 2 heterocycles. The highest BCUT2D eigenvalue weighted by Gasteiger charge is 2.56. The molecule has 4 N–H and O–H groups in total. The Morgan fingerprint density at radius 3 is 1.18 bits per heavy atom. The van der Waals surface area contributed by atoms with Gasteiger partial charge in [-0.05, 0) is 36.4 Å². The third kappa shape index (κ3) is 5.33. The Kier molecular flexibility index (Phi) is 8.11. The monoisotopic (exact) mass is 620 g/mol. The summed E-state index contributed by atoms with van der Waals surface area (Å²) in [6.07, 6.45) is -9.16. The van der Waals surface area contributed by atoms with E-state index in [1.165, 1.54) is 24.3 Å². The number of fused-ring (bicyclic) bond motifs is 2. The molecule has 4 rings (SSSR count). The van der Waals surface area contributed by atoms with Crippen molar-refractivity contribution in [1.29, 1.82) is 0 Å². The number of hydrogen-bond acceptors (Lipinski definition) is 4. The van der Waals surface area contributed by atoms with Gasteiger partial charge in [-0.1, -0.05) is 59.6 Å². The number of halogens is 10. The van der Waals surface area contributed by atoms with E-state index in [9.17, 15) is 36.6 Å². The van der Waals surface area contributed by atoms with Crippen LogP contribution < -0.4 is 0 Å². The molecule has 2 unspecified atom stereocenters. The van der Waals surface area contributed by atoms with Gasteiger partial charge >= 0.3 is 12.4 Å². The molecule has 0 spiro atoms. The topological polar surface area (TPSA) is 97.8 Å². The summed E-state index contributed by atoms with van der Waals surface area (Å²) in [7, 11) is 0. The average Bonchev–Trinajstić information content (AvgIpc) is 3.41. The Labute approximate surface area is 229 Å². The van der Waals surface area contributed by atoms with Crippen LogP contribution in [0.1, 0.15) is 11.6 Å². The van der Waals surface area contributed by atoms with Crippen molar-refractivity contribution in [2.75, 3.05) is 0 Å². The maximum Gasteiger partial charge on any atom is 0.428 e. The first-order valence-electron chi connectivity index (χ1n) is 9.93. The van der Waals surface area contributed by atoms with Crippen molar-refractivity contribution < 1.29 is 36.6 Å². The Morgan fingerprint density at radius 2 is 0.921 bits per heavy atom. The molecule has 0 aliphatic carbocycles. The lowest BCUT2D eigenvalue weighted by molar-refractivity contribution is -0.247. The second-order valence-electron chi connectivity index (χ2n) is 7.67. The molecule has 0 radical (unpaired) electrons. The van der Waals surface area contributed by atoms with Crippen LogP contribution in [-0.4, -0.2) is 42.5 Å². The highest BCUT2D eigenvalue weighted by molar-refractivity contribution is 6.43. The van der Waals surface area contributed by atoms with Crippen LogP contribution in [-0.2, 0) is 11.2 Å². The lowest BCUT2D eigenvalue weighted by atomic mass is 10.0. The summed E-state index contributed by atoms with van der Waals surface area (Å²) >= 11 is 23.0. The van der Waals surface area contributed by atoms with Gasteiger partial charge in [0.05, 0.1) is 42.2 Å². The van der Waals surface area contributed by atoms with Crippen molar-refractivity contribution in [2.24, 2.45) is 0 Å². The number of imidazole rings is 2. The molecule has 4 aromatic rings. The minimum Gasteiger partial charge on any atom is -0.370 e. The van der Waals surface area contributed by atoms with E-state index in [4.69, 9.17) is 46.4 Å². The lowest BCUT2D eigenvalue weighted by Gasteiger charge is -2.24. The van der Waals surface area contributed by atoms with Gasteiger partial charge in [-0.3, -0.25) is 0 Å². The molecule has 0 aliphatic rings. The Balaban J connectivity index is 0.000000211. The standard InChI is InChI=1S/2C11H7Cl2F3N2O/c2*1-2-10(19,11(14,15)16)9-17-7-3-5(12)6(13)4-8(7)18-9/h2*2-4,19H,1H2,(H,17,18).